The zero-order valence-electron chi connectivity index (χ0n) is 13.0. The molecule has 0 spiro atoms. The maximum absolute atomic E-state index is 11.9. The van der Waals surface area contributed by atoms with Crippen molar-refractivity contribution in [2.45, 2.75) is 39.3 Å². The van der Waals surface area contributed by atoms with Crippen molar-refractivity contribution in [3.05, 3.63) is 30.1 Å². The van der Waals surface area contributed by atoms with Crippen molar-refractivity contribution < 1.29 is 14.4 Å². The Balaban J connectivity index is 2.47. The molecule has 0 saturated heterocycles. The van der Waals surface area contributed by atoms with Gasteiger partial charge in [0.2, 0.25) is 17.7 Å². The molecule has 0 radical (unpaired) electrons. The summed E-state index contributed by atoms with van der Waals surface area (Å²) < 4.78 is 0. The van der Waals surface area contributed by atoms with E-state index in [9.17, 15) is 14.4 Å². The van der Waals surface area contributed by atoms with Gasteiger partial charge >= 0.3 is 0 Å². The maximum atomic E-state index is 11.9. The highest BCUT2D eigenvalue weighted by Crippen LogP contribution is 1.99. The first kappa shape index (κ1) is 17.8. The van der Waals surface area contributed by atoms with E-state index in [2.05, 4.69) is 15.6 Å². The average molecular weight is 306 g/mol. The molecule has 22 heavy (non-hydrogen) atoms. The van der Waals surface area contributed by atoms with Gasteiger partial charge < -0.3 is 11.1 Å². The summed E-state index contributed by atoms with van der Waals surface area (Å²) in [6, 6.07) is 3.65. The molecule has 0 fully saturated rings. The molecule has 7 nitrogen and oxygen atoms in total. The van der Waals surface area contributed by atoms with Crippen molar-refractivity contribution in [3.63, 3.8) is 0 Å². The van der Waals surface area contributed by atoms with Gasteiger partial charge in [-0.05, 0) is 25.0 Å². The number of hydrogen-bond acceptors (Lipinski definition) is 5. The van der Waals surface area contributed by atoms with E-state index in [-0.39, 0.29) is 12.3 Å². The van der Waals surface area contributed by atoms with Crippen LogP contribution in [0, 0.1) is 5.92 Å². The van der Waals surface area contributed by atoms with Gasteiger partial charge in [-0.3, -0.25) is 24.7 Å². The molecule has 0 aliphatic carbocycles. The molecule has 3 amide bonds. The van der Waals surface area contributed by atoms with Crippen LogP contribution >= 0.6 is 0 Å². The fraction of sp³-hybridized carbons (Fsp3) is 0.467. The normalized spacial score (nSPS) is 13.3. The minimum absolute atomic E-state index is 0.00124. The van der Waals surface area contributed by atoms with Crippen molar-refractivity contribution in [1.82, 2.24) is 15.6 Å². The zero-order valence-corrected chi connectivity index (χ0v) is 13.0. The number of imide groups is 1. The molecule has 1 aromatic heterocycles. The molecule has 0 aromatic carbocycles. The summed E-state index contributed by atoms with van der Waals surface area (Å²) in [6.07, 6.45) is 1.57. The fourth-order valence-electron chi connectivity index (χ4n) is 1.63. The van der Waals surface area contributed by atoms with Gasteiger partial charge in [0.05, 0.1) is 12.5 Å². The first-order valence-electron chi connectivity index (χ1n) is 7.10. The average Bonchev–Trinajstić information content (AvgIpc) is 2.46. The van der Waals surface area contributed by atoms with Crippen molar-refractivity contribution >= 4 is 17.7 Å². The second-order valence-electron chi connectivity index (χ2n) is 5.41. The smallest absolute Gasteiger partial charge is 0.248 e. The molecule has 0 unspecified atom stereocenters. The third-order valence-electron chi connectivity index (χ3n) is 3.10. The van der Waals surface area contributed by atoms with E-state index in [1.807, 2.05) is 13.8 Å². The second kappa shape index (κ2) is 8.23. The van der Waals surface area contributed by atoms with Gasteiger partial charge in [-0.2, -0.15) is 0 Å². The number of nitrogens with one attached hydrogen (secondary N) is 2. The first-order chi connectivity index (χ1) is 10.3. The van der Waals surface area contributed by atoms with Crippen LogP contribution in [-0.2, 0) is 20.8 Å². The minimum Gasteiger partial charge on any atom is -0.343 e. The summed E-state index contributed by atoms with van der Waals surface area (Å²) in [5.74, 6) is -1.51. The number of rotatable bonds is 6. The molecule has 4 N–H and O–H groups in total. The molecular weight excluding hydrogens is 284 g/mol. The Bertz CT molecular complexity index is 531. The number of amides is 3. The standard InChI is InChI=1S/C15H22N4O3/c1-9(2)13(16)15(22)18-10(3)14(21)19-12(20)8-11-6-4-5-7-17-11/h4-7,9-10,13H,8,16H2,1-3H3,(H,18,22)(H,19,20,21)/t10-,13-/m0/s1. The lowest BCUT2D eigenvalue weighted by Gasteiger charge is -2.19. The summed E-state index contributed by atoms with van der Waals surface area (Å²) in [7, 11) is 0. The van der Waals surface area contributed by atoms with Crippen molar-refractivity contribution in [1.29, 1.82) is 0 Å². The summed E-state index contributed by atoms with van der Waals surface area (Å²) in [5, 5.41) is 4.71. The lowest BCUT2D eigenvalue weighted by Crippen LogP contribution is -2.52. The van der Waals surface area contributed by atoms with E-state index in [4.69, 9.17) is 5.73 Å². The lowest BCUT2D eigenvalue weighted by atomic mass is 10.0. The Morgan fingerprint density at radius 2 is 1.86 bits per heavy atom. The van der Waals surface area contributed by atoms with Crippen LogP contribution in [0.4, 0.5) is 0 Å². The van der Waals surface area contributed by atoms with Crippen LogP contribution in [0.25, 0.3) is 0 Å². The van der Waals surface area contributed by atoms with Gasteiger partial charge in [0.15, 0.2) is 0 Å². The number of hydrogen-bond donors (Lipinski definition) is 3. The quantitative estimate of drug-likeness (QED) is 0.671. The highest BCUT2D eigenvalue weighted by Gasteiger charge is 2.23. The largest absolute Gasteiger partial charge is 0.343 e. The van der Waals surface area contributed by atoms with Crippen LogP contribution in [0.15, 0.2) is 24.4 Å². The molecule has 0 aliphatic heterocycles. The van der Waals surface area contributed by atoms with E-state index in [0.717, 1.165) is 0 Å². The van der Waals surface area contributed by atoms with Gasteiger partial charge in [0.1, 0.15) is 6.04 Å². The van der Waals surface area contributed by atoms with Gasteiger partial charge in [-0.25, -0.2) is 0 Å². The Labute approximate surface area is 129 Å². The fourth-order valence-corrected chi connectivity index (χ4v) is 1.63. The molecule has 0 saturated carbocycles. The van der Waals surface area contributed by atoms with Gasteiger partial charge in [-0.15, -0.1) is 0 Å². The predicted octanol–water partition coefficient (Wildman–Crippen LogP) is -0.245. The second-order valence-corrected chi connectivity index (χ2v) is 5.41. The third-order valence-corrected chi connectivity index (χ3v) is 3.10. The first-order valence-corrected chi connectivity index (χ1v) is 7.10. The number of pyridine rings is 1. The van der Waals surface area contributed by atoms with Crippen LogP contribution in [0.2, 0.25) is 0 Å². The van der Waals surface area contributed by atoms with Crippen molar-refractivity contribution in [2.24, 2.45) is 11.7 Å². The summed E-state index contributed by atoms with van der Waals surface area (Å²) in [6.45, 7) is 5.12. The van der Waals surface area contributed by atoms with Crippen LogP contribution in [-0.4, -0.2) is 34.8 Å². The Morgan fingerprint density at radius 1 is 1.18 bits per heavy atom. The highest BCUT2D eigenvalue weighted by molar-refractivity contribution is 5.99. The Kier molecular flexibility index (Phi) is 6.65. The SMILES string of the molecule is CC(C)[C@H](N)C(=O)N[C@@H](C)C(=O)NC(=O)Cc1ccccn1. The van der Waals surface area contributed by atoms with Crippen LogP contribution in [0.5, 0.6) is 0 Å². The van der Waals surface area contributed by atoms with Crippen molar-refractivity contribution in [2.75, 3.05) is 0 Å². The number of carbonyl (C=O) groups is 3. The minimum atomic E-state index is -0.843. The molecule has 120 valence electrons. The monoisotopic (exact) mass is 306 g/mol. The highest BCUT2D eigenvalue weighted by atomic mass is 16.2. The molecule has 2 atom stereocenters. The third kappa shape index (κ3) is 5.61. The van der Waals surface area contributed by atoms with E-state index in [1.165, 1.54) is 6.92 Å². The number of nitrogens with zero attached hydrogens (tertiary/aromatic N) is 1. The van der Waals surface area contributed by atoms with Crippen molar-refractivity contribution in [3.8, 4) is 0 Å². The number of aromatic nitrogens is 1. The van der Waals surface area contributed by atoms with Crippen LogP contribution < -0.4 is 16.4 Å². The van der Waals surface area contributed by atoms with E-state index < -0.39 is 29.8 Å². The maximum Gasteiger partial charge on any atom is 0.248 e. The number of carbonyl (C=O) groups excluding carboxylic acids is 3. The van der Waals surface area contributed by atoms with Gasteiger partial charge in [-0.1, -0.05) is 19.9 Å². The molecule has 7 heteroatoms. The molecule has 1 heterocycles. The van der Waals surface area contributed by atoms with Gasteiger partial charge in [0.25, 0.3) is 0 Å². The van der Waals surface area contributed by atoms with Crippen LogP contribution in [0.3, 0.4) is 0 Å². The summed E-state index contributed by atoms with van der Waals surface area (Å²) in [5.41, 5.74) is 6.25. The number of nitrogens with two attached hydrogens (primary N) is 1. The Hall–Kier alpha value is -2.28. The van der Waals surface area contributed by atoms with E-state index in [1.54, 1.807) is 24.4 Å². The van der Waals surface area contributed by atoms with E-state index in [0.29, 0.717) is 5.69 Å². The zero-order chi connectivity index (χ0) is 16.7. The molecule has 0 bridgehead atoms. The topological polar surface area (TPSA) is 114 Å². The molecule has 1 aromatic rings. The molecule has 1 rings (SSSR count). The molecular formula is C15H22N4O3. The molecule has 0 aliphatic rings. The predicted molar refractivity (Wildman–Crippen MR) is 81.5 cm³/mol. The Morgan fingerprint density at radius 3 is 2.41 bits per heavy atom. The van der Waals surface area contributed by atoms with E-state index >= 15 is 0 Å². The summed E-state index contributed by atoms with van der Waals surface area (Å²) in [4.78, 5) is 39.4. The van der Waals surface area contributed by atoms with Gasteiger partial charge in [0, 0.05) is 11.9 Å². The summed E-state index contributed by atoms with van der Waals surface area (Å²) >= 11 is 0. The van der Waals surface area contributed by atoms with Crippen LogP contribution in [0.1, 0.15) is 26.5 Å². The lowest BCUT2D eigenvalue weighted by molar-refractivity contribution is -0.134.